The minimum absolute atomic E-state index is 0.303. The summed E-state index contributed by atoms with van der Waals surface area (Å²) in [6.45, 7) is 0. The van der Waals surface area contributed by atoms with Crippen molar-refractivity contribution in [1.82, 2.24) is 5.16 Å². The monoisotopic (exact) mass is 466 g/mol. The average Bonchev–Trinajstić information content (AvgIpc) is 2.95. The van der Waals surface area contributed by atoms with E-state index in [9.17, 15) is 0 Å². The molecule has 108 valence electrons. The van der Waals surface area contributed by atoms with E-state index in [0.717, 1.165) is 18.7 Å². The molecule has 3 nitrogen and oxygen atoms in total. The van der Waals surface area contributed by atoms with Gasteiger partial charge in [-0.05, 0) is 55.6 Å². The number of nitrogens with zero attached hydrogens (tertiary/aromatic N) is 1. The van der Waals surface area contributed by atoms with Crippen molar-refractivity contribution >= 4 is 72.2 Å². The Balaban J connectivity index is 2.21. The number of anilines is 1. The third kappa shape index (κ3) is 2.87. The van der Waals surface area contributed by atoms with Gasteiger partial charge in [0.1, 0.15) is 0 Å². The Morgan fingerprint density at radius 3 is 2.52 bits per heavy atom. The molecule has 0 aliphatic carbocycles. The summed E-state index contributed by atoms with van der Waals surface area (Å²) in [6, 6.07) is 7.23. The van der Waals surface area contributed by atoms with E-state index in [1.807, 2.05) is 12.1 Å². The zero-order valence-electron chi connectivity index (χ0n) is 10.2. The van der Waals surface area contributed by atoms with Crippen molar-refractivity contribution in [1.29, 1.82) is 0 Å². The standard InChI is InChI=1S/C13H6Br2Cl2N2OS/c14-9-4-6(12(15)21-9)11-10(13(18)19-20-11)5-1-2-7(16)8(17)3-5/h1-4H,(H2,18,19). The van der Waals surface area contributed by atoms with Crippen LogP contribution in [0.5, 0.6) is 0 Å². The first-order chi connectivity index (χ1) is 9.97. The van der Waals surface area contributed by atoms with Gasteiger partial charge >= 0.3 is 0 Å². The van der Waals surface area contributed by atoms with Gasteiger partial charge in [-0.1, -0.05) is 34.4 Å². The average molecular weight is 469 g/mol. The van der Waals surface area contributed by atoms with Crippen LogP contribution >= 0.6 is 66.4 Å². The van der Waals surface area contributed by atoms with E-state index >= 15 is 0 Å². The lowest BCUT2D eigenvalue weighted by atomic mass is 10.0. The first kappa shape index (κ1) is 15.4. The topological polar surface area (TPSA) is 52.0 Å². The Morgan fingerprint density at radius 2 is 1.90 bits per heavy atom. The van der Waals surface area contributed by atoms with Gasteiger partial charge in [-0.15, -0.1) is 11.3 Å². The number of aromatic nitrogens is 1. The fourth-order valence-electron chi connectivity index (χ4n) is 1.91. The van der Waals surface area contributed by atoms with Gasteiger partial charge in [-0.2, -0.15) is 0 Å². The molecule has 2 aromatic heterocycles. The van der Waals surface area contributed by atoms with Crippen molar-refractivity contribution in [3.8, 4) is 22.5 Å². The number of benzene rings is 1. The highest BCUT2D eigenvalue weighted by molar-refractivity contribution is 9.12. The molecular formula is C13H6Br2Cl2N2OS. The molecule has 0 aliphatic rings. The van der Waals surface area contributed by atoms with E-state index in [1.165, 1.54) is 0 Å². The van der Waals surface area contributed by atoms with Crippen molar-refractivity contribution in [2.45, 2.75) is 0 Å². The number of halogens is 4. The molecule has 0 atom stereocenters. The van der Waals surface area contributed by atoms with Crippen molar-refractivity contribution in [2.75, 3.05) is 5.73 Å². The lowest BCUT2D eigenvalue weighted by molar-refractivity contribution is 0.436. The van der Waals surface area contributed by atoms with Gasteiger partial charge in [-0.25, -0.2) is 0 Å². The summed E-state index contributed by atoms with van der Waals surface area (Å²) in [4.78, 5) is 0. The second-order valence-corrected chi connectivity index (χ2v) is 8.70. The van der Waals surface area contributed by atoms with Crippen molar-refractivity contribution in [3.63, 3.8) is 0 Å². The van der Waals surface area contributed by atoms with Crippen LogP contribution in [0.1, 0.15) is 0 Å². The molecule has 8 heteroatoms. The fraction of sp³-hybridized carbons (Fsp3) is 0. The van der Waals surface area contributed by atoms with E-state index in [4.69, 9.17) is 33.5 Å². The van der Waals surface area contributed by atoms with Crippen LogP contribution in [-0.2, 0) is 0 Å². The second-order valence-electron chi connectivity index (χ2n) is 4.14. The first-order valence-electron chi connectivity index (χ1n) is 5.63. The summed E-state index contributed by atoms with van der Waals surface area (Å²) < 4.78 is 7.30. The van der Waals surface area contributed by atoms with Crippen LogP contribution in [0.3, 0.4) is 0 Å². The maximum absolute atomic E-state index is 6.08. The molecule has 0 amide bonds. The Bertz CT molecular complexity index is 832. The van der Waals surface area contributed by atoms with E-state index in [0.29, 0.717) is 27.2 Å². The van der Waals surface area contributed by atoms with Crippen LogP contribution in [-0.4, -0.2) is 5.16 Å². The predicted molar refractivity (Wildman–Crippen MR) is 95.1 cm³/mol. The van der Waals surface area contributed by atoms with Gasteiger partial charge in [0, 0.05) is 5.56 Å². The van der Waals surface area contributed by atoms with Gasteiger partial charge in [0.2, 0.25) is 0 Å². The molecule has 3 aromatic rings. The third-order valence-corrected chi connectivity index (χ3v) is 5.91. The molecule has 0 bridgehead atoms. The number of hydrogen-bond acceptors (Lipinski definition) is 4. The maximum atomic E-state index is 6.08. The van der Waals surface area contributed by atoms with E-state index in [2.05, 4.69) is 37.0 Å². The molecule has 1 aromatic carbocycles. The molecule has 21 heavy (non-hydrogen) atoms. The molecule has 0 fully saturated rings. The molecule has 0 aliphatic heterocycles. The summed E-state index contributed by atoms with van der Waals surface area (Å²) in [5.74, 6) is 0.886. The normalized spacial score (nSPS) is 11.0. The third-order valence-electron chi connectivity index (χ3n) is 2.83. The number of thiophene rings is 1. The van der Waals surface area contributed by atoms with Crippen LogP contribution in [0.2, 0.25) is 10.0 Å². The fourth-order valence-corrected chi connectivity index (χ4v) is 5.00. The number of nitrogen functional groups attached to an aromatic ring is 1. The van der Waals surface area contributed by atoms with Gasteiger partial charge in [0.15, 0.2) is 11.6 Å². The predicted octanol–water partition coefficient (Wildman–Crippen LogP) is 6.48. The van der Waals surface area contributed by atoms with E-state index < -0.39 is 0 Å². The molecule has 2 heterocycles. The Labute approximate surface area is 151 Å². The van der Waals surface area contributed by atoms with Gasteiger partial charge in [-0.3, -0.25) is 0 Å². The Kier molecular flexibility index (Phi) is 4.34. The molecule has 0 spiro atoms. The lowest BCUT2D eigenvalue weighted by Gasteiger charge is -2.04. The quantitative estimate of drug-likeness (QED) is 0.468. The van der Waals surface area contributed by atoms with Crippen molar-refractivity contribution in [2.24, 2.45) is 0 Å². The SMILES string of the molecule is Nc1noc(-c2cc(Br)sc2Br)c1-c1ccc(Cl)c(Cl)c1. The minimum Gasteiger partial charge on any atom is -0.380 e. The van der Waals surface area contributed by atoms with Gasteiger partial charge < -0.3 is 10.3 Å². The molecular weight excluding hydrogens is 463 g/mol. The van der Waals surface area contributed by atoms with E-state index in [-0.39, 0.29) is 0 Å². The zero-order valence-corrected chi connectivity index (χ0v) is 15.7. The van der Waals surface area contributed by atoms with Crippen molar-refractivity contribution in [3.05, 3.63) is 41.9 Å². The van der Waals surface area contributed by atoms with Crippen LogP contribution < -0.4 is 5.73 Å². The summed E-state index contributed by atoms with van der Waals surface area (Å²) in [6.07, 6.45) is 0. The van der Waals surface area contributed by atoms with Gasteiger partial charge in [0.05, 0.1) is 23.2 Å². The molecule has 0 radical (unpaired) electrons. The molecule has 0 unspecified atom stereocenters. The van der Waals surface area contributed by atoms with Crippen molar-refractivity contribution < 1.29 is 4.52 Å². The van der Waals surface area contributed by atoms with Crippen LogP contribution in [0.4, 0.5) is 5.82 Å². The Morgan fingerprint density at radius 1 is 1.14 bits per heavy atom. The van der Waals surface area contributed by atoms with Crippen LogP contribution in [0.25, 0.3) is 22.5 Å². The Hall–Kier alpha value is -0.530. The maximum Gasteiger partial charge on any atom is 0.178 e. The lowest BCUT2D eigenvalue weighted by Crippen LogP contribution is -1.89. The largest absolute Gasteiger partial charge is 0.380 e. The number of hydrogen-bond donors (Lipinski definition) is 1. The minimum atomic E-state index is 0.303. The highest BCUT2D eigenvalue weighted by atomic mass is 79.9. The molecule has 3 rings (SSSR count). The molecule has 2 N–H and O–H groups in total. The molecule has 0 saturated heterocycles. The molecule has 0 saturated carbocycles. The highest BCUT2D eigenvalue weighted by Gasteiger charge is 2.21. The highest BCUT2D eigenvalue weighted by Crippen LogP contribution is 2.44. The zero-order chi connectivity index (χ0) is 15.1. The van der Waals surface area contributed by atoms with Gasteiger partial charge in [0.25, 0.3) is 0 Å². The first-order valence-corrected chi connectivity index (χ1v) is 8.79. The number of rotatable bonds is 2. The summed E-state index contributed by atoms with van der Waals surface area (Å²) >= 11 is 20.5. The van der Waals surface area contributed by atoms with Crippen LogP contribution in [0.15, 0.2) is 36.4 Å². The summed E-state index contributed by atoms with van der Waals surface area (Å²) in [5.41, 5.74) is 8.32. The summed E-state index contributed by atoms with van der Waals surface area (Å²) in [7, 11) is 0. The number of nitrogens with two attached hydrogens (primary N) is 1. The smallest absolute Gasteiger partial charge is 0.178 e. The second kappa shape index (κ2) is 5.93. The van der Waals surface area contributed by atoms with Crippen LogP contribution in [0, 0.1) is 0 Å². The summed E-state index contributed by atoms with van der Waals surface area (Å²) in [5, 5.41) is 4.80. The van der Waals surface area contributed by atoms with E-state index in [1.54, 1.807) is 23.5 Å².